The number of thiophene rings is 1. The molecule has 1 aromatic heterocycles. The fraction of sp³-hybridized carbons (Fsp3) is 0. The van der Waals surface area contributed by atoms with Gasteiger partial charge in [-0.15, -0.1) is 11.3 Å². The van der Waals surface area contributed by atoms with Gasteiger partial charge < -0.3 is 5.73 Å². The van der Waals surface area contributed by atoms with Crippen LogP contribution in [0.5, 0.6) is 0 Å². The van der Waals surface area contributed by atoms with Crippen LogP contribution in [0.2, 0.25) is 0 Å². The molecule has 0 amide bonds. The van der Waals surface area contributed by atoms with Gasteiger partial charge in [0, 0.05) is 19.9 Å². The molecular formula is C8H6BrNS. The maximum absolute atomic E-state index is 5.76. The van der Waals surface area contributed by atoms with E-state index in [0.29, 0.717) is 0 Å². The van der Waals surface area contributed by atoms with Gasteiger partial charge >= 0.3 is 0 Å². The summed E-state index contributed by atoms with van der Waals surface area (Å²) in [5.74, 6) is 0. The van der Waals surface area contributed by atoms with E-state index in [1.54, 1.807) is 11.3 Å². The second-order valence-electron chi connectivity index (χ2n) is 2.30. The van der Waals surface area contributed by atoms with Crippen LogP contribution in [0, 0.1) is 0 Å². The van der Waals surface area contributed by atoms with Gasteiger partial charge in [0.2, 0.25) is 0 Å². The Balaban J connectivity index is 2.96. The van der Waals surface area contributed by atoms with Crippen molar-refractivity contribution in [2.75, 3.05) is 5.73 Å². The van der Waals surface area contributed by atoms with Crippen molar-refractivity contribution in [3.63, 3.8) is 0 Å². The van der Waals surface area contributed by atoms with Crippen molar-refractivity contribution >= 4 is 43.0 Å². The molecule has 2 aromatic rings. The molecule has 0 aliphatic heterocycles. The normalized spacial score (nSPS) is 10.6. The second-order valence-corrected chi connectivity index (χ2v) is 4.07. The molecular weight excluding hydrogens is 222 g/mol. The van der Waals surface area contributed by atoms with Gasteiger partial charge in [-0.1, -0.05) is 22.0 Å². The molecule has 1 aromatic carbocycles. The fourth-order valence-electron chi connectivity index (χ4n) is 1.07. The fourth-order valence-corrected chi connectivity index (χ4v) is 2.67. The molecule has 0 saturated heterocycles. The number of hydrogen-bond donors (Lipinski definition) is 1. The van der Waals surface area contributed by atoms with E-state index in [2.05, 4.69) is 22.0 Å². The Morgan fingerprint density at radius 3 is 2.91 bits per heavy atom. The number of hydrogen-bond acceptors (Lipinski definition) is 2. The summed E-state index contributed by atoms with van der Waals surface area (Å²) >= 11 is 5.13. The predicted octanol–water partition coefficient (Wildman–Crippen LogP) is 3.25. The highest BCUT2D eigenvalue weighted by Crippen LogP contribution is 2.33. The van der Waals surface area contributed by atoms with E-state index in [0.717, 1.165) is 15.5 Å². The average molecular weight is 228 g/mol. The molecule has 0 atom stereocenters. The van der Waals surface area contributed by atoms with Crippen molar-refractivity contribution in [2.45, 2.75) is 0 Å². The molecule has 3 heteroatoms. The number of nitrogens with two attached hydrogens (primary N) is 1. The van der Waals surface area contributed by atoms with E-state index in [9.17, 15) is 0 Å². The first-order valence-electron chi connectivity index (χ1n) is 3.20. The lowest BCUT2D eigenvalue weighted by Crippen LogP contribution is -1.80. The van der Waals surface area contributed by atoms with E-state index in [1.807, 2.05) is 17.5 Å². The standard InChI is InChI=1S/C8H6BrNS/c9-5-2-1-3-7-8(5)6(10)4-11-7/h1-4H,10H2. The summed E-state index contributed by atoms with van der Waals surface area (Å²) in [6.07, 6.45) is 0. The SMILES string of the molecule is Nc1csc2cccc(Br)c12. The summed E-state index contributed by atoms with van der Waals surface area (Å²) in [5.41, 5.74) is 6.62. The molecule has 0 aliphatic carbocycles. The number of anilines is 1. The number of fused-ring (bicyclic) bond motifs is 1. The summed E-state index contributed by atoms with van der Waals surface area (Å²) < 4.78 is 2.31. The van der Waals surface area contributed by atoms with Crippen LogP contribution >= 0.6 is 27.3 Å². The van der Waals surface area contributed by atoms with Crippen molar-refractivity contribution in [2.24, 2.45) is 0 Å². The quantitative estimate of drug-likeness (QED) is 0.735. The van der Waals surface area contributed by atoms with Crippen LogP contribution in [0.3, 0.4) is 0 Å². The van der Waals surface area contributed by atoms with Crippen molar-refractivity contribution in [1.82, 2.24) is 0 Å². The van der Waals surface area contributed by atoms with Crippen molar-refractivity contribution in [3.8, 4) is 0 Å². The Morgan fingerprint density at radius 2 is 2.18 bits per heavy atom. The number of nitrogen functional groups attached to an aromatic ring is 1. The predicted molar refractivity (Wildman–Crippen MR) is 53.9 cm³/mol. The highest BCUT2D eigenvalue weighted by molar-refractivity contribution is 9.10. The van der Waals surface area contributed by atoms with Gasteiger partial charge in [0.25, 0.3) is 0 Å². The minimum Gasteiger partial charge on any atom is -0.398 e. The van der Waals surface area contributed by atoms with Crippen LogP contribution in [0.25, 0.3) is 10.1 Å². The monoisotopic (exact) mass is 227 g/mol. The topological polar surface area (TPSA) is 26.0 Å². The molecule has 0 bridgehead atoms. The molecule has 1 nitrogen and oxygen atoms in total. The summed E-state index contributed by atoms with van der Waals surface area (Å²) in [6, 6.07) is 6.09. The lowest BCUT2D eigenvalue weighted by atomic mass is 10.2. The molecule has 1 heterocycles. The van der Waals surface area contributed by atoms with Crippen LogP contribution < -0.4 is 5.73 Å². The zero-order valence-electron chi connectivity index (χ0n) is 5.67. The average Bonchev–Trinajstić information content (AvgIpc) is 2.34. The molecule has 0 spiro atoms. The minimum absolute atomic E-state index is 0.859. The van der Waals surface area contributed by atoms with Gasteiger partial charge in [0.15, 0.2) is 0 Å². The van der Waals surface area contributed by atoms with Crippen molar-refractivity contribution in [1.29, 1.82) is 0 Å². The van der Waals surface area contributed by atoms with Gasteiger partial charge in [-0.2, -0.15) is 0 Å². The first-order valence-corrected chi connectivity index (χ1v) is 4.87. The molecule has 0 unspecified atom stereocenters. The molecule has 0 saturated carbocycles. The third-order valence-corrected chi connectivity index (χ3v) is 3.20. The Labute approximate surface area is 77.0 Å². The van der Waals surface area contributed by atoms with E-state index in [-0.39, 0.29) is 0 Å². The zero-order valence-corrected chi connectivity index (χ0v) is 8.08. The molecule has 2 N–H and O–H groups in total. The van der Waals surface area contributed by atoms with Crippen molar-refractivity contribution < 1.29 is 0 Å². The number of halogens is 1. The van der Waals surface area contributed by atoms with Crippen LogP contribution in [0.4, 0.5) is 5.69 Å². The Kier molecular flexibility index (Phi) is 1.62. The van der Waals surface area contributed by atoms with Crippen LogP contribution in [0.15, 0.2) is 28.1 Å². The first kappa shape index (κ1) is 7.13. The van der Waals surface area contributed by atoms with Gasteiger partial charge in [0.05, 0.1) is 5.69 Å². The third-order valence-electron chi connectivity index (χ3n) is 1.58. The highest BCUT2D eigenvalue weighted by atomic mass is 79.9. The van der Waals surface area contributed by atoms with E-state index in [1.165, 1.54) is 4.70 Å². The zero-order chi connectivity index (χ0) is 7.84. The smallest absolute Gasteiger partial charge is 0.0514 e. The number of benzene rings is 1. The van der Waals surface area contributed by atoms with Gasteiger partial charge in [-0.05, 0) is 12.1 Å². The van der Waals surface area contributed by atoms with Gasteiger partial charge in [-0.3, -0.25) is 0 Å². The highest BCUT2D eigenvalue weighted by Gasteiger charge is 2.02. The Hall–Kier alpha value is -0.540. The lowest BCUT2D eigenvalue weighted by molar-refractivity contribution is 1.77. The third kappa shape index (κ3) is 1.04. The largest absolute Gasteiger partial charge is 0.398 e. The molecule has 11 heavy (non-hydrogen) atoms. The number of rotatable bonds is 0. The first-order chi connectivity index (χ1) is 5.29. The summed E-state index contributed by atoms with van der Waals surface area (Å²) in [4.78, 5) is 0. The molecule has 0 radical (unpaired) electrons. The van der Waals surface area contributed by atoms with E-state index < -0.39 is 0 Å². The van der Waals surface area contributed by atoms with E-state index in [4.69, 9.17) is 5.73 Å². The second kappa shape index (κ2) is 2.50. The maximum atomic E-state index is 5.76. The van der Waals surface area contributed by atoms with E-state index >= 15 is 0 Å². The summed E-state index contributed by atoms with van der Waals surface area (Å²) in [5, 5.41) is 3.10. The maximum Gasteiger partial charge on any atom is 0.0514 e. The van der Waals surface area contributed by atoms with Gasteiger partial charge in [-0.25, -0.2) is 0 Å². The van der Waals surface area contributed by atoms with Crippen LogP contribution in [-0.2, 0) is 0 Å². The molecule has 2 rings (SSSR count). The lowest BCUT2D eigenvalue weighted by Gasteiger charge is -1.93. The summed E-state index contributed by atoms with van der Waals surface area (Å²) in [6.45, 7) is 0. The Morgan fingerprint density at radius 1 is 1.36 bits per heavy atom. The van der Waals surface area contributed by atoms with Crippen LogP contribution in [-0.4, -0.2) is 0 Å². The van der Waals surface area contributed by atoms with Gasteiger partial charge in [0.1, 0.15) is 0 Å². The Bertz CT molecular complexity index is 394. The van der Waals surface area contributed by atoms with Crippen LogP contribution in [0.1, 0.15) is 0 Å². The molecule has 56 valence electrons. The summed E-state index contributed by atoms with van der Waals surface area (Å²) in [7, 11) is 0. The molecule has 0 aliphatic rings. The molecule has 0 fully saturated rings. The van der Waals surface area contributed by atoms with Crippen molar-refractivity contribution in [3.05, 3.63) is 28.1 Å². The minimum atomic E-state index is 0.859.